The van der Waals surface area contributed by atoms with E-state index >= 15 is 0 Å². The first kappa shape index (κ1) is 11.6. The molecular weight excluding hydrogens is 236 g/mol. The normalized spacial score (nSPS) is 10.8. The second-order valence-corrected chi connectivity index (χ2v) is 4.61. The predicted molar refractivity (Wildman–Crippen MR) is 76.7 cm³/mol. The van der Waals surface area contributed by atoms with Gasteiger partial charge in [-0.3, -0.25) is 4.98 Å². The Kier molecular flexibility index (Phi) is 2.63. The van der Waals surface area contributed by atoms with E-state index in [1.807, 2.05) is 38.1 Å². The van der Waals surface area contributed by atoms with Crippen molar-refractivity contribution >= 4 is 16.9 Å². The summed E-state index contributed by atoms with van der Waals surface area (Å²) in [5.74, 6) is 0.303. The van der Waals surface area contributed by atoms with E-state index in [1.165, 1.54) is 0 Å². The molecule has 0 aliphatic rings. The molecule has 2 heterocycles. The molecule has 3 aromatic rings. The van der Waals surface area contributed by atoms with Gasteiger partial charge < -0.3 is 5.73 Å². The third kappa shape index (κ3) is 2.25. The molecule has 0 amide bonds. The Balaban J connectivity index is 2.17. The average Bonchev–Trinajstić information content (AvgIpc) is 2.37. The molecule has 0 aliphatic carbocycles. The van der Waals surface area contributed by atoms with E-state index < -0.39 is 0 Å². The van der Waals surface area contributed by atoms with Crippen LogP contribution in [0.1, 0.15) is 11.4 Å². The van der Waals surface area contributed by atoms with Crippen LogP contribution in [0.2, 0.25) is 0 Å². The summed E-state index contributed by atoms with van der Waals surface area (Å²) in [6.45, 7) is 3.90. The fourth-order valence-electron chi connectivity index (χ4n) is 2.13. The largest absolute Gasteiger partial charge is 0.368 e. The van der Waals surface area contributed by atoms with Gasteiger partial charge in [0.05, 0.1) is 11.2 Å². The molecule has 0 saturated heterocycles. The van der Waals surface area contributed by atoms with Crippen molar-refractivity contribution < 1.29 is 0 Å². The number of pyridine rings is 1. The highest BCUT2D eigenvalue weighted by molar-refractivity contribution is 5.84. The van der Waals surface area contributed by atoms with Crippen molar-refractivity contribution in [3.8, 4) is 11.3 Å². The molecule has 94 valence electrons. The zero-order valence-electron chi connectivity index (χ0n) is 10.9. The van der Waals surface area contributed by atoms with Crippen LogP contribution >= 0.6 is 0 Å². The van der Waals surface area contributed by atoms with Gasteiger partial charge in [-0.15, -0.1) is 0 Å². The van der Waals surface area contributed by atoms with Crippen LogP contribution in [0.15, 0.2) is 36.4 Å². The lowest BCUT2D eigenvalue weighted by Crippen LogP contribution is -1.98. The van der Waals surface area contributed by atoms with Crippen molar-refractivity contribution in [2.75, 3.05) is 5.73 Å². The van der Waals surface area contributed by atoms with E-state index in [0.717, 1.165) is 33.5 Å². The van der Waals surface area contributed by atoms with Crippen LogP contribution in [0.5, 0.6) is 0 Å². The minimum atomic E-state index is 0.303. The third-order valence-corrected chi connectivity index (χ3v) is 3.00. The molecule has 0 saturated carbocycles. The topological polar surface area (TPSA) is 64.7 Å². The van der Waals surface area contributed by atoms with Crippen molar-refractivity contribution in [2.24, 2.45) is 0 Å². The lowest BCUT2D eigenvalue weighted by atomic mass is 10.1. The number of benzene rings is 1. The molecule has 1 aromatic carbocycles. The standard InChI is InChI=1S/C15H14N4/c1-9-3-4-11-8-12(5-6-13(11)17-9)14-7-10(2)18-15(16)19-14/h3-8H,1-2H3,(H2,16,18,19). The van der Waals surface area contributed by atoms with Crippen molar-refractivity contribution in [3.63, 3.8) is 0 Å². The maximum absolute atomic E-state index is 5.69. The zero-order valence-corrected chi connectivity index (χ0v) is 10.9. The van der Waals surface area contributed by atoms with E-state index in [-0.39, 0.29) is 0 Å². The fraction of sp³-hybridized carbons (Fsp3) is 0.133. The minimum Gasteiger partial charge on any atom is -0.368 e. The smallest absolute Gasteiger partial charge is 0.220 e. The Morgan fingerprint density at radius 2 is 1.68 bits per heavy atom. The number of hydrogen-bond donors (Lipinski definition) is 1. The molecule has 2 aromatic heterocycles. The Labute approximate surface area is 111 Å². The van der Waals surface area contributed by atoms with E-state index in [4.69, 9.17) is 5.73 Å². The molecule has 0 bridgehead atoms. The lowest BCUT2D eigenvalue weighted by molar-refractivity contribution is 1.12. The maximum Gasteiger partial charge on any atom is 0.220 e. The highest BCUT2D eigenvalue weighted by Crippen LogP contribution is 2.23. The van der Waals surface area contributed by atoms with Gasteiger partial charge in [-0.25, -0.2) is 9.97 Å². The number of nitrogens with two attached hydrogens (primary N) is 1. The molecule has 2 N–H and O–H groups in total. The van der Waals surface area contributed by atoms with Crippen LogP contribution in [0.25, 0.3) is 22.2 Å². The van der Waals surface area contributed by atoms with Gasteiger partial charge >= 0.3 is 0 Å². The van der Waals surface area contributed by atoms with Crippen molar-refractivity contribution in [3.05, 3.63) is 47.8 Å². The molecule has 4 heteroatoms. The number of aromatic nitrogens is 3. The summed E-state index contributed by atoms with van der Waals surface area (Å²) in [6, 6.07) is 12.1. The van der Waals surface area contributed by atoms with Crippen LogP contribution in [-0.4, -0.2) is 15.0 Å². The van der Waals surface area contributed by atoms with Gasteiger partial charge in [0, 0.05) is 22.3 Å². The summed E-state index contributed by atoms with van der Waals surface area (Å²) in [7, 11) is 0. The third-order valence-electron chi connectivity index (χ3n) is 3.00. The van der Waals surface area contributed by atoms with Gasteiger partial charge in [0.15, 0.2) is 0 Å². The highest BCUT2D eigenvalue weighted by atomic mass is 15.0. The summed E-state index contributed by atoms with van der Waals surface area (Å²) < 4.78 is 0. The van der Waals surface area contributed by atoms with Crippen LogP contribution in [0, 0.1) is 13.8 Å². The fourth-order valence-corrected chi connectivity index (χ4v) is 2.13. The molecule has 0 spiro atoms. The summed E-state index contributed by atoms with van der Waals surface area (Å²) in [5, 5.41) is 1.10. The van der Waals surface area contributed by atoms with E-state index in [1.54, 1.807) is 0 Å². The first-order valence-electron chi connectivity index (χ1n) is 6.11. The molecule has 4 nitrogen and oxygen atoms in total. The summed E-state index contributed by atoms with van der Waals surface area (Å²) in [4.78, 5) is 12.9. The lowest BCUT2D eigenvalue weighted by Gasteiger charge is -2.05. The highest BCUT2D eigenvalue weighted by Gasteiger charge is 2.04. The molecule has 0 atom stereocenters. The molecule has 0 aliphatic heterocycles. The first-order chi connectivity index (χ1) is 9.11. The Hall–Kier alpha value is -2.49. The van der Waals surface area contributed by atoms with Crippen LogP contribution < -0.4 is 5.73 Å². The van der Waals surface area contributed by atoms with Crippen molar-refractivity contribution in [1.29, 1.82) is 0 Å². The summed E-state index contributed by atoms with van der Waals surface area (Å²) in [6.07, 6.45) is 0. The van der Waals surface area contributed by atoms with E-state index in [9.17, 15) is 0 Å². The van der Waals surface area contributed by atoms with E-state index in [0.29, 0.717) is 5.95 Å². The quantitative estimate of drug-likeness (QED) is 0.721. The molecule has 19 heavy (non-hydrogen) atoms. The number of aryl methyl sites for hydroxylation is 2. The number of rotatable bonds is 1. The number of nitrogens with zero attached hydrogens (tertiary/aromatic N) is 3. The second kappa shape index (κ2) is 4.31. The molecular formula is C15H14N4. The summed E-state index contributed by atoms with van der Waals surface area (Å²) >= 11 is 0. The van der Waals surface area contributed by atoms with Gasteiger partial charge in [-0.1, -0.05) is 12.1 Å². The monoisotopic (exact) mass is 250 g/mol. The summed E-state index contributed by atoms with van der Waals surface area (Å²) in [5.41, 5.74) is 10.4. The Morgan fingerprint density at radius 3 is 2.47 bits per heavy atom. The van der Waals surface area contributed by atoms with E-state index in [2.05, 4.69) is 27.1 Å². The van der Waals surface area contributed by atoms with Gasteiger partial charge in [0.2, 0.25) is 5.95 Å². The van der Waals surface area contributed by atoms with Crippen LogP contribution in [0.4, 0.5) is 5.95 Å². The molecule has 3 rings (SSSR count). The number of anilines is 1. The average molecular weight is 250 g/mol. The predicted octanol–water partition coefficient (Wildman–Crippen LogP) is 2.89. The number of nitrogen functional groups attached to an aromatic ring is 1. The van der Waals surface area contributed by atoms with Crippen molar-refractivity contribution in [1.82, 2.24) is 15.0 Å². The maximum atomic E-state index is 5.69. The molecule has 0 unspecified atom stereocenters. The second-order valence-electron chi connectivity index (χ2n) is 4.61. The first-order valence-corrected chi connectivity index (χ1v) is 6.11. The van der Waals surface area contributed by atoms with Gasteiger partial charge in [0.25, 0.3) is 0 Å². The SMILES string of the molecule is Cc1cc(-c2ccc3nc(C)ccc3c2)nc(N)n1. The van der Waals surface area contributed by atoms with Crippen LogP contribution in [0.3, 0.4) is 0 Å². The van der Waals surface area contributed by atoms with Crippen molar-refractivity contribution in [2.45, 2.75) is 13.8 Å². The number of hydrogen-bond acceptors (Lipinski definition) is 4. The van der Waals surface area contributed by atoms with Gasteiger partial charge in [0.1, 0.15) is 0 Å². The van der Waals surface area contributed by atoms with Gasteiger partial charge in [-0.2, -0.15) is 0 Å². The molecule has 0 radical (unpaired) electrons. The number of fused-ring (bicyclic) bond motifs is 1. The van der Waals surface area contributed by atoms with Crippen LogP contribution in [-0.2, 0) is 0 Å². The zero-order chi connectivity index (χ0) is 13.4. The Morgan fingerprint density at radius 1 is 0.842 bits per heavy atom. The van der Waals surface area contributed by atoms with Gasteiger partial charge in [-0.05, 0) is 38.1 Å². The minimum absolute atomic E-state index is 0.303. The molecule has 0 fully saturated rings. The Bertz CT molecular complexity index is 745.